The summed E-state index contributed by atoms with van der Waals surface area (Å²) in [6.07, 6.45) is 0. The van der Waals surface area contributed by atoms with Crippen molar-refractivity contribution < 1.29 is 4.79 Å². The van der Waals surface area contributed by atoms with Crippen LogP contribution in [0.15, 0.2) is 12.1 Å². The highest BCUT2D eigenvalue weighted by Gasteiger charge is 2.01. The molecule has 3 heteroatoms. The number of rotatable bonds is 2. The van der Waals surface area contributed by atoms with Crippen LogP contribution in [-0.2, 0) is 11.3 Å². The topological polar surface area (TPSA) is 29.1 Å². The molecule has 0 heterocycles. The van der Waals surface area contributed by atoms with E-state index in [4.69, 9.17) is 0 Å². The first-order chi connectivity index (χ1) is 6.50. The largest absolute Gasteiger partial charge is 0.352 e. The first kappa shape index (κ1) is 10.8. The Labute approximate surface area is 86.1 Å². The number of amides is 1. The number of hydrogen-bond donors (Lipinski definition) is 1. The van der Waals surface area contributed by atoms with Crippen molar-refractivity contribution in [1.29, 1.82) is 0 Å². The zero-order valence-corrected chi connectivity index (χ0v) is 9.27. The van der Waals surface area contributed by atoms with Gasteiger partial charge in [0.2, 0.25) is 5.91 Å². The van der Waals surface area contributed by atoms with Gasteiger partial charge in [0.25, 0.3) is 0 Å². The van der Waals surface area contributed by atoms with E-state index in [0.717, 1.165) is 0 Å². The van der Waals surface area contributed by atoms with Crippen LogP contribution in [0.3, 0.4) is 0 Å². The molecule has 0 aliphatic rings. The van der Waals surface area contributed by atoms with Crippen molar-refractivity contribution in [3.63, 3.8) is 0 Å². The predicted molar refractivity (Wildman–Crippen MR) is 61.6 cm³/mol. The highest BCUT2D eigenvalue weighted by Crippen LogP contribution is 2.05. The van der Waals surface area contributed by atoms with Gasteiger partial charge < -0.3 is 5.32 Å². The zero-order chi connectivity index (χ0) is 10.7. The van der Waals surface area contributed by atoms with Gasteiger partial charge in [-0.05, 0) is 19.4 Å². The third kappa shape index (κ3) is 2.62. The number of benzene rings is 1. The average molecular weight is 189 g/mol. The van der Waals surface area contributed by atoms with Crippen LogP contribution in [0.5, 0.6) is 0 Å². The molecule has 1 aromatic rings. The molecule has 0 aromatic heterocycles. The van der Waals surface area contributed by atoms with Gasteiger partial charge in [0.15, 0.2) is 0 Å². The molecule has 1 rings (SSSR count). The van der Waals surface area contributed by atoms with E-state index in [1.807, 2.05) is 0 Å². The van der Waals surface area contributed by atoms with E-state index in [1.165, 1.54) is 29.1 Å². The second kappa shape index (κ2) is 4.31. The SMILES string of the molecule is Bc1c(C)cc(CNC(C)=O)cc1C. The molecule has 0 fully saturated rings. The summed E-state index contributed by atoms with van der Waals surface area (Å²) >= 11 is 0. The lowest BCUT2D eigenvalue weighted by Crippen LogP contribution is -2.20. The van der Waals surface area contributed by atoms with Gasteiger partial charge in [-0.15, -0.1) is 0 Å². The van der Waals surface area contributed by atoms with Crippen LogP contribution >= 0.6 is 0 Å². The number of hydrogen-bond acceptors (Lipinski definition) is 1. The molecule has 1 aromatic carbocycles. The average Bonchev–Trinajstić information content (AvgIpc) is 2.10. The Bertz CT molecular complexity index is 337. The molecule has 0 aliphatic carbocycles. The Morgan fingerprint density at radius 3 is 2.29 bits per heavy atom. The normalized spacial score (nSPS) is 9.93. The molecule has 0 bridgehead atoms. The summed E-state index contributed by atoms with van der Waals surface area (Å²) in [7, 11) is 2.12. The van der Waals surface area contributed by atoms with Crippen molar-refractivity contribution in [1.82, 2.24) is 5.32 Å². The van der Waals surface area contributed by atoms with Crippen LogP contribution in [-0.4, -0.2) is 13.8 Å². The smallest absolute Gasteiger partial charge is 0.217 e. The minimum Gasteiger partial charge on any atom is -0.352 e. The van der Waals surface area contributed by atoms with Crippen LogP contribution in [0.1, 0.15) is 23.6 Å². The van der Waals surface area contributed by atoms with E-state index in [2.05, 4.69) is 39.1 Å². The summed E-state index contributed by atoms with van der Waals surface area (Å²) < 4.78 is 0. The predicted octanol–water partition coefficient (Wildman–Crippen LogP) is 0.198. The Hall–Kier alpha value is -1.25. The second-order valence-corrected chi connectivity index (χ2v) is 3.76. The van der Waals surface area contributed by atoms with Crippen LogP contribution in [0, 0.1) is 13.8 Å². The molecule has 1 N–H and O–H groups in total. The first-order valence-corrected chi connectivity index (χ1v) is 4.82. The van der Waals surface area contributed by atoms with Crippen molar-refractivity contribution >= 4 is 19.2 Å². The maximum Gasteiger partial charge on any atom is 0.217 e. The van der Waals surface area contributed by atoms with Crippen molar-refractivity contribution in [2.24, 2.45) is 0 Å². The van der Waals surface area contributed by atoms with Crippen molar-refractivity contribution in [2.75, 3.05) is 0 Å². The molecule has 0 aliphatic heterocycles. The molecule has 0 radical (unpaired) electrons. The highest BCUT2D eigenvalue weighted by molar-refractivity contribution is 6.34. The Morgan fingerprint density at radius 2 is 1.86 bits per heavy atom. The lowest BCUT2D eigenvalue weighted by atomic mass is 9.85. The maximum atomic E-state index is 10.7. The highest BCUT2D eigenvalue weighted by atomic mass is 16.1. The molecular weight excluding hydrogens is 173 g/mol. The van der Waals surface area contributed by atoms with E-state index in [9.17, 15) is 4.79 Å². The molecule has 0 spiro atoms. The number of carbonyl (C=O) groups is 1. The van der Waals surface area contributed by atoms with Crippen LogP contribution < -0.4 is 10.8 Å². The number of aryl methyl sites for hydroxylation is 2. The summed E-state index contributed by atoms with van der Waals surface area (Å²) in [4.78, 5) is 10.7. The molecule has 74 valence electrons. The lowest BCUT2D eigenvalue weighted by Gasteiger charge is -2.09. The van der Waals surface area contributed by atoms with Gasteiger partial charge in [0.05, 0.1) is 0 Å². The third-order valence-electron chi connectivity index (χ3n) is 2.53. The fourth-order valence-corrected chi connectivity index (χ4v) is 1.45. The fourth-order valence-electron chi connectivity index (χ4n) is 1.45. The summed E-state index contributed by atoms with van der Waals surface area (Å²) in [5.41, 5.74) is 5.06. The summed E-state index contributed by atoms with van der Waals surface area (Å²) in [6.45, 7) is 6.35. The Kier molecular flexibility index (Phi) is 3.34. The van der Waals surface area contributed by atoms with Crippen LogP contribution in [0.2, 0.25) is 0 Å². The van der Waals surface area contributed by atoms with E-state index in [-0.39, 0.29) is 5.91 Å². The number of carbonyl (C=O) groups excluding carboxylic acids is 1. The van der Waals surface area contributed by atoms with E-state index >= 15 is 0 Å². The minimum atomic E-state index is 0.0147. The van der Waals surface area contributed by atoms with E-state index < -0.39 is 0 Å². The zero-order valence-electron chi connectivity index (χ0n) is 9.27. The monoisotopic (exact) mass is 189 g/mol. The number of nitrogens with one attached hydrogen (secondary N) is 1. The van der Waals surface area contributed by atoms with Crippen molar-refractivity contribution in [2.45, 2.75) is 27.3 Å². The van der Waals surface area contributed by atoms with Gasteiger partial charge in [-0.1, -0.05) is 28.7 Å². The summed E-state index contributed by atoms with van der Waals surface area (Å²) in [5.74, 6) is 0.0147. The molecule has 14 heavy (non-hydrogen) atoms. The van der Waals surface area contributed by atoms with Gasteiger partial charge >= 0.3 is 0 Å². The second-order valence-electron chi connectivity index (χ2n) is 3.76. The van der Waals surface area contributed by atoms with Gasteiger partial charge in [-0.25, -0.2) is 0 Å². The van der Waals surface area contributed by atoms with Gasteiger partial charge in [-0.3, -0.25) is 4.79 Å². The van der Waals surface area contributed by atoms with Crippen LogP contribution in [0.4, 0.5) is 0 Å². The van der Waals surface area contributed by atoms with Crippen molar-refractivity contribution in [3.05, 3.63) is 28.8 Å². The first-order valence-electron chi connectivity index (χ1n) is 4.82. The third-order valence-corrected chi connectivity index (χ3v) is 2.53. The molecule has 0 unspecified atom stereocenters. The van der Waals surface area contributed by atoms with Crippen LogP contribution in [0.25, 0.3) is 0 Å². The molecular formula is C11H16BNO. The molecule has 0 saturated heterocycles. The van der Waals surface area contributed by atoms with Gasteiger partial charge in [-0.2, -0.15) is 0 Å². The Balaban J connectivity index is 2.84. The maximum absolute atomic E-state index is 10.7. The standard InChI is InChI=1S/C11H16BNO/c1-7-4-10(6-13-9(3)14)5-8(2)11(7)12/h4-5H,6,12H2,1-3H3,(H,13,14). The molecule has 2 nitrogen and oxygen atoms in total. The minimum absolute atomic E-state index is 0.0147. The lowest BCUT2D eigenvalue weighted by molar-refractivity contribution is -0.119. The summed E-state index contributed by atoms with van der Waals surface area (Å²) in [6, 6.07) is 4.25. The Morgan fingerprint density at radius 1 is 1.36 bits per heavy atom. The van der Waals surface area contributed by atoms with Gasteiger partial charge in [0.1, 0.15) is 7.85 Å². The fraction of sp³-hybridized carbons (Fsp3) is 0.364. The molecule has 1 amide bonds. The molecule has 0 saturated carbocycles. The van der Waals surface area contributed by atoms with E-state index in [1.54, 1.807) is 0 Å². The van der Waals surface area contributed by atoms with Gasteiger partial charge in [0, 0.05) is 13.5 Å². The van der Waals surface area contributed by atoms with Crippen molar-refractivity contribution in [3.8, 4) is 0 Å². The van der Waals surface area contributed by atoms with E-state index in [0.29, 0.717) is 6.54 Å². The molecule has 0 atom stereocenters. The quantitative estimate of drug-likeness (QED) is 0.661. The summed E-state index contributed by atoms with van der Waals surface area (Å²) in [5, 5.41) is 2.80.